The Morgan fingerprint density at radius 1 is 1.67 bits per heavy atom. The molecule has 0 aromatic heterocycles. The molecule has 86 valence electrons. The van der Waals surface area contributed by atoms with Crippen LogP contribution >= 0.6 is 24.2 Å². The molecule has 1 atom stereocenters. The van der Waals surface area contributed by atoms with E-state index in [1.165, 1.54) is 17.8 Å². The summed E-state index contributed by atoms with van der Waals surface area (Å²) >= 11 is 1.25. The second-order valence-corrected chi connectivity index (χ2v) is 4.22. The van der Waals surface area contributed by atoms with Crippen molar-refractivity contribution >= 4 is 35.9 Å². The van der Waals surface area contributed by atoms with Crippen molar-refractivity contribution in [2.45, 2.75) is 24.6 Å². The summed E-state index contributed by atoms with van der Waals surface area (Å²) in [6.07, 6.45) is 1.95. The molecule has 4 nitrogen and oxygen atoms in total. The predicted molar refractivity (Wildman–Crippen MR) is 61.8 cm³/mol. The summed E-state index contributed by atoms with van der Waals surface area (Å²) < 4.78 is 4.75. The van der Waals surface area contributed by atoms with Crippen LogP contribution in [0, 0.1) is 0 Å². The van der Waals surface area contributed by atoms with Crippen molar-refractivity contribution in [3.8, 4) is 0 Å². The number of ether oxygens (including phenoxy) is 1. The van der Waals surface area contributed by atoms with Gasteiger partial charge in [0.05, 0.1) is 6.61 Å². The van der Waals surface area contributed by atoms with Gasteiger partial charge in [0.15, 0.2) is 5.78 Å². The minimum absolute atomic E-state index is 0. The van der Waals surface area contributed by atoms with Crippen LogP contribution in [0.4, 0.5) is 0 Å². The fraction of sp³-hybridized carbons (Fsp3) is 0.556. The van der Waals surface area contributed by atoms with Crippen LogP contribution in [0.25, 0.3) is 0 Å². The van der Waals surface area contributed by atoms with Gasteiger partial charge in [-0.1, -0.05) is 0 Å². The van der Waals surface area contributed by atoms with Crippen LogP contribution in [-0.4, -0.2) is 23.2 Å². The topological polar surface area (TPSA) is 69.4 Å². The average molecular weight is 252 g/mol. The van der Waals surface area contributed by atoms with E-state index in [9.17, 15) is 9.59 Å². The van der Waals surface area contributed by atoms with Crippen LogP contribution in [0.1, 0.15) is 19.8 Å². The second kappa shape index (κ2) is 6.15. The van der Waals surface area contributed by atoms with Gasteiger partial charge in [0, 0.05) is 6.42 Å². The van der Waals surface area contributed by atoms with E-state index in [1.54, 1.807) is 12.3 Å². The van der Waals surface area contributed by atoms with E-state index in [4.69, 9.17) is 10.5 Å². The van der Waals surface area contributed by atoms with Gasteiger partial charge in [-0.25, -0.2) is 0 Å². The molecule has 0 aromatic carbocycles. The zero-order valence-corrected chi connectivity index (χ0v) is 10.0. The molecule has 1 unspecified atom stereocenters. The van der Waals surface area contributed by atoms with Gasteiger partial charge < -0.3 is 10.5 Å². The number of halogens is 1. The summed E-state index contributed by atoms with van der Waals surface area (Å²) in [4.78, 5) is 21.4. The van der Waals surface area contributed by atoms with E-state index < -0.39 is 4.87 Å². The SMILES string of the molecule is CCOC(=O)CCC1(N)SC=CC1=O.Cl. The Hall–Kier alpha value is -0.520. The van der Waals surface area contributed by atoms with E-state index in [-0.39, 0.29) is 30.6 Å². The van der Waals surface area contributed by atoms with Gasteiger partial charge >= 0.3 is 5.97 Å². The zero-order valence-electron chi connectivity index (χ0n) is 8.39. The fourth-order valence-electron chi connectivity index (χ4n) is 1.12. The summed E-state index contributed by atoms with van der Waals surface area (Å²) in [5, 5.41) is 1.66. The lowest BCUT2D eigenvalue weighted by atomic mass is 10.1. The van der Waals surface area contributed by atoms with Gasteiger partial charge in [0.25, 0.3) is 0 Å². The number of carbonyl (C=O) groups is 2. The van der Waals surface area contributed by atoms with Crippen molar-refractivity contribution in [3.63, 3.8) is 0 Å². The maximum atomic E-state index is 11.3. The lowest BCUT2D eigenvalue weighted by molar-refractivity contribution is -0.143. The monoisotopic (exact) mass is 251 g/mol. The molecule has 0 bridgehead atoms. The summed E-state index contributed by atoms with van der Waals surface area (Å²) in [5.74, 6) is -0.440. The van der Waals surface area contributed by atoms with Crippen LogP contribution in [0.15, 0.2) is 11.5 Å². The third-order valence-electron chi connectivity index (χ3n) is 1.92. The minimum atomic E-state index is -0.952. The van der Waals surface area contributed by atoms with Crippen molar-refractivity contribution in [2.75, 3.05) is 6.61 Å². The molecule has 2 N–H and O–H groups in total. The summed E-state index contributed by atoms with van der Waals surface area (Å²) in [6, 6.07) is 0. The first-order valence-electron chi connectivity index (χ1n) is 4.42. The van der Waals surface area contributed by atoms with Gasteiger partial charge in [-0.05, 0) is 24.8 Å². The number of hydrogen-bond donors (Lipinski definition) is 1. The highest BCUT2D eigenvalue weighted by Crippen LogP contribution is 2.32. The molecule has 1 aliphatic rings. The molecular weight excluding hydrogens is 238 g/mol. The summed E-state index contributed by atoms with van der Waals surface area (Å²) in [7, 11) is 0. The fourth-order valence-corrected chi connectivity index (χ4v) is 1.96. The lowest BCUT2D eigenvalue weighted by Crippen LogP contribution is -2.41. The molecule has 1 heterocycles. The molecule has 0 radical (unpaired) electrons. The number of ketones is 1. The van der Waals surface area contributed by atoms with Gasteiger partial charge in [-0.3, -0.25) is 9.59 Å². The van der Waals surface area contributed by atoms with Gasteiger partial charge in [-0.15, -0.1) is 24.2 Å². The summed E-state index contributed by atoms with van der Waals surface area (Å²) in [6.45, 7) is 2.10. The Labute approximate surface area is 99.0 Å². The largest absolute Gasteiger partial charge is 0.466 e. The molecule has 0 saturated heterocycles. The lowest BCUT2D eigenvalue weighted by Gasteiger charge is -2.19. The molecule has 1 rings (SSSR count). The molecule has 0 aromatic rings. The highest BCUT2D eigenvalue weighted by molar-refractivity contribution is 8.04. The Kier molecular flexibility index (Phi) is 5.93. The molecule has 6 heteroatoms. The first-order valence-corrected chi connectivity index (χ1v) is 5.30. The Morgan fingerprint density at radius 2 is 2.33 bits per heavy atom. The quantitative estimate of drug-likeness (QED) is 0.762. The first-order chi connectivity index (χ1) is 6.58. The first kappa shape index (κ1) is 14.5. The van der Waals surface area contributed by atoms with E-state index in [0.29, 0.717) is 13.0 Å². The normalized spacial score (nSPS) is 23.7. The molecule has 1 aliphatic heterocycles. The predicted octanol–water partition coefficient (Wildman–Crippen LogP) is 1.24. The number of esters is 1. The van der Waals surface area contributed by atoms with E-state index in [0.717, 1.165) is 0 Å². The van der Waals surface area contributed by atoms with Crippen molar-refractivity contribution in [1.82, 2.24) is 0 Å². The van der Waals surface area contributed by atoms with Crippen LogP contribution in [0.2, 0.25) is 0 Å². The standard InChI is InChI=1S/C9H13NO3S.ClH/c1-2-13-8(12)3-5-9(10)7(11)4-6-14-9;/h4,6H,2-3,5,10H2,1H3;1H. The highest BCUT2D eigenvalue weighted by atomic mass is 35.5. The molecule has 0 aliphatic carbocycles. The maximum absolute atomic E-state index is 11.3. The smallest absolute Gasteiger partial charge is 0.305 e. The van der Waals surface area contributed by atoms with Gasteiger partial charge in [0.2, 0.25) is 0 Å². The molecule has 0 saturated carbocycles. The van der Waals surface area contributed by atoms with E-state index in [1.807, 2.05) is 0 Å². The highest BCUT2D eigenvalue weighted by Gasteiger charge is 2.36. The maximum Gasteiger partial charge on any atom is 0.305 e. The Morgan fingerprint density at radius 3 is 2.80 bits per heavy atom. The number of nitrogens with two attached hydrogens (primary N) is 1. The van der Waals surface area contributed by atoms with Crippen molar-refractivity contribution < 1.29 is 14.3 Å². The molecule has 15 heavy (non-hydrogen) atoms. The van der Waals surface area contributed by atoms with Crippen LogP contribution in [-0.2, 0) is 14.3 Å². The number of thioether (sulfide) groups is 1. The van der Waals surface area contributed by atoms with Gasteiger partial charge in [0.1, 0.15) is 4.87 Å². The van der Waals surface area contributed by atoms with E-state index >= 15 is 0 Å². The Balaban J connectivity index is 0.00000196. The number of carbonyl (C=O) groups excluding carboxylic acids is 2. The second-order valence-electron chi connectivity index (χ2n) is 2.98. The number of hydrogen-bond acceptors (Lipinski definition) is 5. The van der Waals surface area contributed by atoms with Crippen LogP contribution < -0.4 is 5.73 Å². The zero-order chi connectivity index (χ0) is 10.6. The van der Waals surface area contributed by atoms with Crippen LogP contribution in [0.3, 0.4) is 0 Å². The average Bonchev–Trinajstić information content (AvgIpc) is 2.46. The van der Waals surface area contributed by atoms with Crippen molar-refractivity contribution in [3.05, 3.63) is 11.5 Å². The third kappa shape index (κ3) is 3.85. The minimum Gasteiger partial charge on any atom is -0.466 e. The molecular formula is C9H14ClNO3S. The Bertz CT molecular complexity index is 283. The van der Waals surface area contributed by atoms with Crippen molar-refractivity contribution in [1.29, 1.82) is 0 Å². The third-order valence-corrected chi connectivity index (χ3v) is 3.02. The molecule has 0 amide bonds. The molecule has 0 fully saturated rings. The van der Waals surface area contributed by atoms with Crippen molar-refractivity contribution in [2.24, 2.45) is 5.73 Å². The van der Waals surface area contributed by atoms with Gasteiger partial charge in [-0.2, -0.15) is 0 Å². The van der Waals surface area contributed by atoms with Crippen LogP contribution in [0.5, 0.6) is 0 Å². The summed E-state index contributed by atoms with van der Waals surface area (Å²) in [5.41, 5.74) is 5.79. The number of rotatable bonds is 4. The van der Waals surface area contributed by atoms with E-state index in [2.05, 4.69) is 0 Å². The molecule has 0 spiro atoms.